The van der Waals surface area contributed by atoms with Gasteiger partial charge in [0.25, 0.3) is 0 Å². The van der Waals surface area contributed by atoms with Gasteiger partial charge in [-0.3, -0.25) is 19.4 Å². The van der Waals surface area contributed by atoms with Crippen LogP contribution in [0.1, 0.15) is 46.0 Å². The van der Waals surface area contributed by atoms with Crippen LogP contribution < -0.4 is 33.2 Å². The second-order valence-corrected chi connectivity index (χ2v) is 10.4. The zero-order valence-corrected chi connectivity index (χ0v) is 23.3. The first-order valence-electron chi connectivity index (χ1n) is 11.9. The molecular formula is C22H43N7O5S2. The van der Waals surface area contributed by atoms with E-state index >= 15 is 0 Å². The number of carboxylic acid groups (broad SMARTS) is 1. The fourth-order valence-electron chi connectivity index (χ4n) is 3.14. The smallest absolute Gasteiger partial charge is 0.326 e. The van der Waals surface area contributed by atoms with Crippen molar-refractivity contribution >= 4 is 53.2 Å². The Labute approximate surface area is 222 Å². The molecule has 14 heteroatoms. The zero-order chi connectivity index (χ0) is 27.7. The number of rotatable bonds is 19. The molecule has 10 N–H and O–H groups in total. The first-order chi connectivity index (χ1) is 17.0. The van der Waals surface area contributed by atoms with Gasteiger partial charge in [0.2, 0.25) is 17.7 Å². The molecule has 0 aliphatic carbocycles. The average Bonchev–Trinajstić information content (AvgIpc) is 2.83. The summed E-state index contributed by atoms with van der Waals surface area (Å²) in [6.07, 6.45) is 5.61. The first-order valence-corrected chi connectivity index (χ1v) is 14.7. The number of thioether (sulfide) groups is 2. The quantitative estimate of drug-likeness (QED) is 0.0620. The minimum atomic E-state index is -1.14. The van der Waals surface area contributed by atoms with E-state index < -0.39 is 47.9 Å². The van der Waals surface area contributed by atoms with Crippen molar-refractivity contribution in [2.75, 3.05) is 30.6 Å². The number of nitrogens with one attached hydrogen (secondary N) is 3. The van der Waals surface area contributed by atoms with Crippen LogP contribution in [0, 0.1) is 5.92 Å². The Bertz CT molecular complexity index is 738. The van der Waals surface area contributed by atoms with Gasteiger partial charge < -0.3 is 38.3 Å². The predicted molar refractivity (Wildman–Crippen MR) is 147 cm³/mol. The summed E-state index contributed by atoms with van der Waals surface area (Å²) in [5.41, 5.74) is 16.7. The molecular weight excluding hydrogens is 506 g/mol. The lowest BCUT2D eigenvalue weighted by Crippen LogP contribution is -2.58. The van der Waals surface area contributed by atoms with Crippen LogP contribution in [0.4, 0.5) is 0 Å². The topological polar surface area (TPSA) is 215 Å². The van der Waals surface area contributed by atoms with Gasteiger partial charge in [-0.25, -0.2) is 4.79 Å². The summed E-state index contributed by atoms with van der Waals surface area (Å²) in [5.74, 6) is -1.90. The fourth-order valence-corrected chi connectivity index (χ4v) is 4.10. The maximum atomic E-state index is 13.2. The van der Waals surface area contributed by atoms with Crippen LogP contribution in [0.5, 0.6) is 0 Å². The number of guanidine groups is 1. The summed E-state index contributed by atoms with van der Waals surface area (Å²) in [4.78, 5) is 54.3. The summed E-state index contributed by atoms with van der Waals surface area (Å²) >= 11 is 3.03. The Hall–Kier alpha value is -2.19. The highest BCUT2D eigenvalue weighted by Gasteiger charge is 2.32. The molecule has 208 valence electrons. The third-order valence-corrected chi connectivity index (χ3v) is 6.85. The van der Waals surface area contributed by atoms with E-state index in [0.717, 1.165) is 0 Å². The molecule has 0 bridgehead atoms. The van der Waals surface area contributed by atoms with Gasteiger partial charge in [-0.1, -0.05) is 20.3 Å². The molecule has 0 aromatic carbocycles. The molecule has 0 spiro atoms. The minimum absolute atomic E-state index is 0.0814. The van der Waals surface area contributed by atoms with Crippen LogP contribution >= 0.6 is 23.5 Å². The summed E-state index contributed by atoms with van der Waals surface area (Å²) in [6, 6.07) is -3.82. The SMILES string of the molecule is CCC(C)C(NC(=O)C(CCCN=C(N)N)NC(=O)C(N)CCSC)C(=O)NC(CCSC)C(=O)O. The number of nitrogens with two attached hydrogens (primary N) is 3. The van der Waals surface area contributed by atoms with Gasteiger partial charge in [-0.15, -0.1) is 0 Å². The van der Waals surface area contributed by atoms with E-state index in [-0.39, 0.29) is 31.3 Å². The monoisotopic (exact) mass is 549 g/mol. The number of hydrogen-bond acceptors (Lipinski definition) is 8. The summed E-state index contributed by atoms with van der Waals surface area (Å²) in [5, 5.41) is 17.4. The lowest BCUT2D eigenvalue weighted by atomic mass is 9.97. The van der Waals surface area contributed by atoms with Crippen LogP contribution in [0.15, 0.2) is 4.99 Å². The van der Waals surface area contributed by atoms with Crippen molar-refractivity contribution in [2.24, 2.45) is 28.1 Å². The van der Waals surface area contributed by atoms with Gasteiger partial charge in [0.15, 0.2) is 5.96 Å². The molecule has 0 radical (unpaired) electrons. The van der Waals surface area contributed by atoms with Gasteiger partial charge >= 0.3 is 5.97 Å². The van der Waals surface area contributed by atoms with Crippen LogP contribution in [-0.4, -0.2) is 89.5 Å². The standard InChI is InChI=1S/C22H43N7O5S2/c1-5-13(2)17(20(32)28-16(21(33)34)9-12-36-4)29-19(31)15(7-6-10-26-22(24)25)27-18(30)14(23)8-11-35-3/h13-17H,5-12,23H2,1-4H3,(H,27,30)(H,28,32)(H,29,31)(H,33,34)(H4,24,25,26). The summed E-state index contributed by atoms with van der Waals surface area (Å²) < 4.78 is 0. The number of amides is 3. The molecule has 0 aromatic heterocycles. The minimum Gasteiger partial charge on any atom is -0.480 e. The highest BCUT2D eigenvalue weighted by molar-refractivity contribution is 7.98. The van der Waals surface area contributed by atoms with E-state index in [4.69, 9.17) is 17.2 Å². The van der Waals surface area contributed by atoms with Crippen molar-refractivity contribution in [3.8, 4) is 0 Å². The average molecular weight is 550 g/mol. The van der Waals surface area contributed by atoms with Crippen LogP contribution in [0.3, 0.4) is 0 Å². The molecule has 0 heterocycles. The number of carbonyl (C=O) groups is 4. The zero-order valence-electron chi connectivity index (χ0n) is 21.6. The number of hydrogen-bond donors (Lipinski definition) is 7. The van der Waals surface area contributed by atoms with Crippen molar-refractivity contribution < 1.29 is 24.3 Å². The molecule has 0 rings (SSSR count). The third-order valence-electron chi connectivity index (χ3n) is 5.57. The van der Waals surface area contributed by atoms with Crippen molar-refractivity contribution in [1.82, 2.24) is 16.0 Å². The van der Waals surface area contributed by atoms with Crippen LogP contribution in [-0.2, 0) is 19.2 Å². The van der Waals surface area contributed by atoms with Crippen LogP contribution in [0.25, 0.3) is 0 Å². The van der Waals surface area contributed by atoms with Gasteiger partial charge in [0.1, 0.15) is 18.1 Å². The number of aliphatic imine (C=N–C) groups is 1. The number of carboxylic acids is 1. The molecule has 0 aliphatic heterocycles. The summed E-state index contributed by atoms with van der Waals surface area (Å²) in [6.45, 7) is 3.90. The second kappa shape index (κ2) is 19.0. The van der Waals surface area contributed by atoms with Gasteiger partial charge in [-0.05, 0) is 55.6 Å². The van der Waals surface area contributed by atoms with E-state index in [0.29, 0.717) is 30.8 Å². The van der Waals surface area contributed by atoms with Crippen molar-refractivity contribution in [1.29, 1.82) is 0 Å². The largest absolute Gasteiger partial charge is 0.480 e. The Morgan fingerprint density at radius 1 is 0.889 bits per heavy atom. The molecule has 5 atom stereocenters. The normalized spacial score (nSPS) is 15.0. The van der Waals surface area contributed by atoms with Gasteiger partial charge in [-0.2, -0.15) is 23.5 Å². The number of aliphatic carboxylic acids is 1. The van der Waals surface area contributed by atoms with E-state index in [9.17, 15) is 24.3 Å². The third kappa shape index (κ3) is 13.8. The highest BCUT2D eigenvalue weighted by Crippen LogP contribution is 2.11. The van der Waals surface area contributed by atoms with Crippen molar-refractivity contribution in [3.63, 3.8) is 0 Å². The lowest BCUT2D eigenvalue weighted by molar-refractivity contribution is -0.142. The van der Waals surface area contributed by atoms with Crippen LogP contribution in [0.2, 0.25) is 0 Å². The molecule has 0 saturated heterocycles. The van der Waals surface area contributed by atoms with Gasteiger partial charge in [0, 0.05) is 6.54 Å². The second-order valence-electron chi connectivity index (χ2n) is 8.45. The van der Waals surface area contributed by atoms with E-state index in [2.05, 4.69) is 20.9 Å². The molecule has 36 heavy (non-hydrogen) atoms. The summed E-state index contributed by atoms with van der Waals surface area (Å²) in [7, 11) is 0. The maximum Gasteiger partial charge on any atom is 0.326 e. The fraction of sp³-hybridized carbons (Fsp3) is 0.773. The Balaban J connectivity index is 5.58. The van der Waals surface area contributed by atoms with E-state index in [1.165, 1.54) is 11.8 Å². The molecule has 12 nitrogen and oxygen atoms in total. The van der Waals surface area contributed by atoms with Crippen molar-refractivity contribution in [3.05, 3.63) is 0 Å². The lowest BCUT2D eigenvalue weighted by Gasteiger charge is -2.28. The Kier molecular flexibility index (Phi) is 17.8. The highest BCUT2D eigenvalue weighted by atomic mass is 32.2. The molecule has 0 saturated carbocycles. The first kappa shape index (κ1) is 33.8. The Morgan fingerprint density at radius 2 is 1.47 bits per heavy atom. The molecule has 0 aliphatic rings. The molecule has 0 fully saturated rings. The maximum absolute atomic E-state index is 13.2. The molecule has 0 aromatic rings. The number of carbonyl (C=O) groups excluding carboxylic acids is 3. The van der Waals surface area contributed by atoms with E-state index in [1.807, 2.05) is 19.4 Å². The van der Waals surface area contributed by atoms with Crippen molar-refractivity contribution in [2.45, 2.75) is 70.1 Å². The predicted octanol–water partition coefficient (Wildman–Crippen LogP) is -0.541. The molecule has 5 unspecified atom stereocenters. The van der Waals surface area contributed by atoms with Gasteiger partial charge in [0.05, 0.1) is 6.04 Å². The van der Waals surface area contributed by atoms with E-state index in [1.54, 1.807) is 18.7 Å². The number of nitrogens with zero attached hydrogens (tertiary/aromatic N) is 1. The molecule has 3 amide bonds. The Morgan fingerprint density at radius 3 is 2.00 bits per heavy atom.